The Morgan fingerprint density at radius 1 is 1.08 bits per heavy atom. The summed E-state index contributed by atoms with van der Waals surface area (Å²) in [7, 11) is 1.58. The number of halogens is 1. The molecular formula is C18H17FN4O2. The van der Waals surface area contributed by atoms with Gasteiger partial charge >= 0.3 is 0 Å². The third kappa shape index (κ3) is 4.20. The second-order valence-electron chi connectivity index (χ2n) is 5.38. The van der Waals surface area contributed by atoms with Gasteiger partial charge in [-0.2, -0.15) is 0 Å². The minimum atomic E-state index is -0.329. The normalized spacial score (nSPS) is 10.5. The van der Waals surface area contributed by atoms with Crippen LogP contribution in [0.4, 0.5) is 10.3 Å². The summed E-state index contributed by atoms with van der Waals surface area (Å²) in [4.78, 5) is 14.9. The molecule has 3 aromatic rings. The van der Waals surface area contributed by atoms with E-state index in [4.69, 9.17) is 4.74 Å². The van der Waals surface area contributed by atoms with E-state index in [0.29, 0.717) is 30.2 Å². The zero-order valence-corrected chi connectivity index (χ0v) is 13.6. The van der Waals surface area contributed by atoms with E-state index in [1.165, 1.54) is 12.1 Å². The molecule has 0 fully saturated rings. The zero-order valence-electron chi connectivity index (χ0n) is 13.6. The van der Waals surface area contributed by atoms with Gasteiger partial charge in [0.2, 0.25) is 5.95 Å². The second-order valence-corrected chi connectivity index (χ2v) is 5.38. The Morgan fingerprint density at radius 2 is 1.80 bits per heavy atom. The average molecular weight is 340 g/mol. The zero-order chi connectivity index (χ0) is 17.6. The van der Waals surface area contributed by atoms with Gasteiger partial charge in [0.25, 0.3) is 5.56 Å². The minimum absolute atomic E-state index is 0.242. The smallest absolute Gasteiger partial charge is 0.279 e. The van der Waals surface area contributed by atoms with Crippen molar-refractivity contribution >= 4 is 5.95 Å². The number of rotatable bonds is 6. The molecule has 0 atom stereocenters. The van der Waals surface area contributed by atoms with Crippen LogP contribution in [0.15, 0.2) is 53.3 Å². The Kier molecular flexibility index (Phi) is 5.03. The van der Waals surface area contributed by atoms with E-state index in [1.54, 1.807) is 43.5 Å². The van der Waals surface area contributed by atoms with Gasteiger partial charge in [-0.15, -0.1) is 10.2 Å². The number of hydrogen-bond acceptors (Lipinski definition) is 5. The van der Waals surface area contributed by atoms with Gasteiger partial charge in [0, 0.05) is 12.1 Å². The molecular weight excluding hydrogens is 323 g/mol. The van der Waals surface area contributed by atoms with Crippen molar-refractivity contribution in [3.63, 3.8) is 0 Å². The van der Waals surface area contributed by atoms with Gasteiger partial charge in [0.05, 0.1) is 7.11 Å². The number of aromatic amines is 1. The molecule has 0 bridgehead atoms. The van der Waals surface area contributed by atoms with Crippen molar-refractivity contribution < 1.29 is 9.13 Å². The SMILES string of the molecule is COc1ccc(-c2nnc(NCCc3ccc(F)cc3)[nH]c2=O)cc1. The number of methoxy groups -OCH3 is 1. The van der Waals surface area contributed by atoms with Crippen LogP contribution in [0, 0.1) is 5.82 Å². The maximum Gasteiger partial charge on any atom is 0.279 e. The standard InChI is InChI=1S/C18H17FN4O2/c1-25-15-8-4-13(5-9-15)16-17(24)21-18(23-22-16)20-11-10-12-2-6-14(19)7-3-12/h2-9H,10-11H2,1H3,(H2,20,21,23,24). The highest BCUT2D eigenvalue weighted by molar-refractivity contribution is 5.58. The van der Waals surface area contributed by atoms with Crippen LogP contribution in [-0.2, 0) is 6.42 Å². The summed E-state index contributed by atoms with van der Waals surface area (Å²) in [5.74, 6) is 0.734. The van der Waals surface area contributed by atoms with Crippen LogP contribution in [0.3, 0.4) is 0 Å². The lowest BCUT2D eigenvalue weighted by Crippen LogP contribution is -2.18. The lowest BCUT2D eigenvalue weighted by molar-refractivity contribution is 0.415. The molecule has 2 aromatic carbocycles. The van der Waals surface area contributed by atoms with Crippen LogP contribution in [-0.4, -0.2) is 28.8 Å². The topological polar surface area (TPSA) is 79.9 Å². The van der Waals surface area contributed by atoms with E-state index in [-0.39, 0.29) is 17.1 Å². The fraction of sp³-hybridized carbons (Fsp3) is 0.167. The lowest BCUT2D eigenvalue weighted by atomic mass is 10.1. The third-order valence-corrected chi connectivity index (χ3v) is 3.68. The molecule has 0 aliphatic heterocycles. The number of aromatic nitrogens is 3. The van der Waals surface area contributed by atoms with Crippen molar-refractivity contribution in [3.8, 4) is 17.0 Å². The first-order valence-electron chi connectivity index (χ1n) is 7.75. The molecule has 0 radical (unpaired) electrons. The van der Waals surface area contributed by atoms with Gasteiger partial charge in [-0.25, -0.2) is 4.39 Å². The molecule has 0 saturated carbocycles. The first-order valence-corrected chi connectivity index (χ1v) is 7.75. The van der Waals surface area contributed by atoms with E-state index in [2.05, 4.69) is 20.5 Å². The quantitative estimate of drug-likeness (QED) is 0.721. The predicted molar refractivity (Wildman–Crippen MR) is 93.2 cm³/mol. The summed E-state index contributed by atoms with van der Waals surface area (Å²) >= 11 is 0. The maximum absolute atomic E-state index is 12.9. The molecule has 0 aliphatic rings. The van der Waals surface area contributed by atoms with Crippen molar-refractivity contribution in [1.29, 1.82) is 0 Å². The Hall–Kier alpha value is -3.22. The number of anilines is 1. The summed E-state index contributed by atoms with van der Waals surface area (Å²) in [6.45, 7) is 0.540. The minimum Gasteiger partial charge on any atom is -0.497 e. The Labute approximate surface area is 143 Å². The molecule has 0 saturated heterocycles. The molecule has 1 aromatic heterocycles. The van der Waals surface area contributed by atoms with E-state index in [0.717, 1.165) is 5.56 Å². The molecule has 128 valence electrons. The average Bonchev–Trinajstić information content (AvgIpc) is 2.64. The van der Waals surface area contributed by atoms with Crippen molar-refractivity contribution in [2.45, 2.75) is 6.42 Å². The Morgan fingerprint density at radius 3 is 2.44 bits per heavy atom. The highest BCUT2D eigenvalue weighted by Crippen LogP contribution is 2.17. The molecule has 0 unspecified atom stereocenters. The van der Waals surface area contributed by atoms with Crippen LogP contribution < -0.4 is 15.6 Å². The molecule has 25 heavy (non-hydrogen) atoms. The van der Waals surface area contributed by atoms with Crippen molar-refractivity contribution in [3.05, 3.63) is 70.3 Å². The monoisotopic (exact) mass is 340 g/mol. The summed E-state index contributed by atoms with van der Waals surface area (Å²) in [6, 6.07) is 13.3. The molecule has 0 aliphatic carbocycles. The van der Waals surface area contributed by atoms with Gasteiger partial charge in [0.1, 0.15) is 11.6 Å². The molecule has 7 heteroatoms. The van der Waals surface area contributed by atoms with Crippen molar-refractivity contribution in [1.82, 2.24) is 15.2 Å². The second kappa shape index (κ2) is 7.57. The predicted octanol–water partition coefficient (Wildman–Crippen LogP) is 2.63. The number of hydrogen-bond donors (Lipinski definition) is 2. The summed E-state index contributed by atoms with van der Waals surface area (Å²) in [5.41, 5.74) is 1.56. The summed E-state index contributed by atoms with van der Waals surface area (Å²) < 4.78 is 17.9. The van der Waals surface area contributed by atoms with Crippen LogP contribution in [0.5, 0.6) is 5.75 Å². The van der Waals surface area contributed by atoms with Gasteiger partial charge < -0.3 is 10.1 Å². The fourth-order valence-electron chi connectivity index (χ4n) is 2.33. The van der Waals surface area contributed by atoms with E-state index in [9.17, 15) is 9.18 Å². The summed E-state index contributed by atoms with van der Waals surface area (Å²) in [6.07, 6.45) is 0.671. The third-order valence-electron chi connectivity index (χ3n) is 3.68. The van der Waals surface area contributed by atoms with Crippen LogP contribution in [0.2, 0.25) is 0 Å². The molecule has 2 N–H and O–H groups in total. The van der Waals surface area contributed by atoms with Crippen molar-refractivity contribution in [2.75, 3.05) is 19.0 Å². The van der Waals surface area contributed by atoms with Gasteiger partial charge in [-0.05, 0) is 48.4 Å². The largest absolute Gasteiger partial charge is 0.497 e. The molecule has 0 spiro atoms. The number of nitrogens with one attached hydrogen (secondary N) is 2. The van der Waals surface area contributed by atoms with Crippen LogP contribution in [0.1, 0.15) is 5.56 Å². The molecule has 3 rings (SSSR count). The van der Waals surface area contributed by atoms with Crippen molar-refractivity contribution in [2.24, 2.45) is 0 Å². The first-order chi connectivity index (χ1) is 12.2. The first kappa shape index (κ1) is 16.6. The van der Waals surface area contributed by atoms with E-state index in [1.807, 2.05) is 0 Å². The van der Waals surface area contributed by atoms with Crippen LogP contribution >= 0.6 is 0 Å². The van der Waals surface area contributed by atoms with E-state index >= 15 is 0 Å². The summed E-state index contributed by atoms with van der Waals surface area (Å²) in [5, 5.41) is 11.0. The number of H-pyrrole nitrogens is 1. The number of benzene rings is 2. The van der Waals surface area contributed by atoms with Gasteiger partial charge in [0.15, 0.2) is 5.69 Å². The Bertz CT molecular complexity index is 892. The fourth-order valence-corrected chi connectivity index (χ4v) is 2.33. The molecule has 1 heterocycles. The number of nitrogens with zero attached hydrogens (tertiary/aromatic N) is 2. The van der Waals surface area contributed by atoms with E-state index < -0.39 is 0 Å². The highest BCUT2D eigenvalue weighted by Gasteiger charge is 2.07. The lowest BCUT2D eigenvalue weighted by Gasteiger charge is -2.06. The van der Waals surface area contributed by atoms with Gasteiger partial charge in [-0.1, -0.05) is 12.1 Å². The highest BCUT2D eigenvalue weighted by atomic mass is 19.1. The van der Waals surface area contributed by atoms with Gasteiger partial charge in [-0.3, -0.25) is 9.78 Å². The molecule has 0 amide bonds. The number of ether oxygens (including phenoxy) is 1. The molecule has 6 nitrogen and oxygen atoms in total. The maximum atomic E-state index is 12.9. The van der Waals surface area contributed by atoms with Crippen LogP contribution in [0.25, 0.3) is 11.3 Å². The Balaban J connectivity index is 1.65.